The highest BCUT2D eigenvalue weighted by Gasteiger charge is 2.26. The van der Waals surface area contributed by atoms with Crippen LogP contribution in [0.4, 0.5) is 0 Å². The van der Waals surface area contributed by atoms with Crippen molar-refractivity contribution < 1.29 is 29.0 Å². The highest BCUT2D eigenvalue weighted by atomic mass is 35.5. The molecular formula is C27H29ClN8O6. The Hall–Kier alpha value is -4.66. The van der Waals surface area contributed by atoms with E-state index in [-0.39, 0.29) is 45.0 Å². The SMILES string of the molecule is NC(=O)/C(=C/c1cc(Cl)c([C@H](CC(=O)NCCN2CCOCC2)C(N)=O)cc1-n1cnnn1)c1ccccc1C(=O)O. The normalized spacial score (nSPS) is 14.7. The van der Waals surface area contributed by atoms with Gasteiger partial charge in [-0.2, -0.15) is 4.68 Å². The zero-order valence-corrected chi connectivity index (χ0v) is 23.2. The van der Waals surface area contributed by atoms with Crippen molar-refractivity contribution in [3.63, 3.8) is 0 Å². The summed E-state index contributed by atoms with van der Waals surface area (Å²) in [4.78, 5) is 51.8. The number of aromatic carboxylic acids is 1. The van der Waals surface area contributed by atoms with Gasteiger partial charge in [-0.3, -0.25) is 19.3 Å². The molecule has 0 spiro atoms. The van der Waals surface area contributed by atoms with Gasteiger partial charge in [-0.25, -0.2) is 4.79 Å². The molecule has 42 heavy (non-hydrogen) atoms. The number of tetrazole rings is 1. The fourth-order valence-corrected chi connectivity index (χ4v) is 4.89. The van der Waals surface area contributed by atoms with E-state index in [1.807, 2.05) is 0 Å². The van der Waals surface area contributed by atoms with E-state index >= 15 is 0 Å². The van der Waals surface area contributed by atoms with Gasteiger partial charge in [0.15, 0.2) is 0 Å². The molecule has 0 aliphatic carbocycles. The molecule has 1 aromatic heterocycles. The van der Waals surface area contributed by atoms with Crippen molar-refractivity contribution in [1.82, 2.24) is 30.4 Å². The predicted octanol–water partition coefficient (Wildman–Crippen LogP) is 0.447. The quantitative estimate of drug-likeness (QED) is 0.167. The summed E-state index contributed by atoms with van der Waals surface area (Å²) in [6, 6.07) is 8.81. The first-order chi connectivity index (χ1) is 20.2. The Balaban J connectivity index is 1.68. The van der Waals surface area contributed by atoms with Gasteiger partial charge in [0.1, 0.15) is 6.33 Å². The summed E-state index contributed by atoms with van der Waals surface area (Å²) in [5.74, 6) is -4.41. The van der Waals surface area contributed by atoms with E-state index in [4.69, 9.17) is 27.8 Å². The standard InChI is InChI=1S/C27H29ClN8O6/c28-22-12-16(11-20(25(29)38)17-3-1-2-4-18(17)27(40)41)23(36-15-32-33-34-36)13-19(22)21(26(30)39)14-24(37)31-5-6-35-7-9-42-10-8-35/h1-4,11-13,15,21H,5-10,14H2,(H2,29,38)(H2,30,39)(H,31,37)(H,40,41)/b20-11+/t21-/m0/s1. The molecule has 1 atom stereocenters. The molecule has 14 nitrogen and oxygen atoms in total. The molecule has 4 rings (SSSR count). The number of nitrogens with one attached hydrogen (secondary N) is 1. The second-order valence-corrected chi connectivity index (χ2v) is 9.83. The second kappa shape index (κ2) is 13.8. The van der Waals surface area contributed by atoms with E-state index in [1.165, 1.54) is 47.4 Å². The van der Waals surface area contributed by atoms with Gasteiger partial charge in [0.05, 0.1) is 30.4 Å². The number of carboxylic acids is 1. The van der Waals surface area contributed by atoms with E-state index in [1.54, 1.807) is 6.07 Å². The van der Waals surface area contributed by atoms with Crippen molar-refractivity contribution in [3.8, 4) is 5.69 Å². The number of morpholine rings is 1. The molecule has 0 bridgehead atoms. The molecule has 3 amide bonds. The lowest BCUT2D eigenvalue weighted by molar-refractivity contribution is -0.126. The smallest absolute Gasteiger partial charge is 0.336 e. The van der Waals surface area contributed by atoms with E-state index in [2.05, 4.69) is 25.7 Å². The summed E-state index contributed by atoms with van der Waals surface area (Å²) >= 11 is 6.62. The molecule has 2 heterocycles. The lowest BCUT2D eigenvalue weighted by Crippen LogP contribution is -2.41. The monoisotopic (exact) mass is 596 g/mol. The van der Waals surface area contributed by atoms with Gasteiger partial charge in [0, 0.05) is 54.3 Å². The molecule has 1 saturated heterocycles. The third kappa shape index (κ3) is 7.34. The minimum atomic E-state index is -1.25. The van der Waals surface area contributed by atoms with Gasteiger partial charge in [0.2, 0.25) is 17.7 Å². The van der Waals surface area contributed by atoms with Gasteiger partial charge in [-0.1, -0.05) is 29.8 Å². The number of halogens is 1. The van der Waals surface area contributed by atoms with Crippen molar-refractivity contribution >= 4 is 46.9 Å². The predicted molar refractivity (Wildman–Crippen MR) is 151 cm³/mol. The Kier molecular flexibility index (Phi) is 9.96. The topological polar surface area (TPSA) is 209 Å². The third-order valence-electron chi connectivity index (χ3n) is 6.72. The first-order valence-electron chi connectivity index (χ1n) is 12.9. The molecule has 2 aromatic carbocycles. The van der Waals surface area contributed by atoms with Crippen molar-refractivity contribution in [3.05, 3.63) is 70.0 Å². The van der Waals surface area contributed by atoms with Crippen LogP contribution in [0.5, 0.6) is 0 Å². The van der Waals surface area contributed by atoms with Gasteiger partial charge >= 0.3 is 5.97 Å². The first kappa shape index (κ1) is 30.3. The number of carbonyl (C=O) groups excluding carboxylic acids is 3. The Morgan fingerprint density at radius 1 is 1.12 bits per heavy atom. The van der Waals surface area contributed by atoms with Gasteiger partial charge in [0.25, 0.3) is 0 Å². The highest BCUT2D eigenvalue weighted by Crippen LogP contribution is 2.34. The molecule has 1 aliphatic rings. The maximum atomic E-state index is 12.8. The van der Waals surface area contributed by atoms with Crippen molar-refractivity contribution in [1.29, 1.82) is 0 Å². The fraction of sp³-hybridized carbons (Fsp3) is 0.296. The summed E-state index contributed by atoms with van der Waals surface area (Å²) in [5.41, 5.74) is 12.0. The number of primary amides is 2. The summed E-state index contributed by atoms with van der Waals surface area (Å²) in [6.45, 7) is 3.83. The van der Waals surface area contributed by atoms with E-state index in [9.17, 15) is 24.3 Å². The van der Waals surface area contributed by atoms with Gasteiger partial charge in [-0.15, -0.1) is 5.10 Å². The Morgan fingerprint density at radius 2 is 1.83 bits per heavy atom. The van der Waals surface area contributed by atoms with Crippen molar-refractivity contribution in [2.45, 2.75) is 12.3 Å². The van der Waals surface area contributed by atoms with Crippen LogP contribution in [0.1, 0.15) is 39.4 Å². The number of hydrogen-bond donors (Lipinski definition) is 4. The molecule has 6 N–H and O–H groups in total. The molecule has 1 aliphatic heterocycles. The van der Waals surface area contributed by atoms with Gasteiger partial charge in [-0.05, 0) is 40.3 Å². The number of amides is 3. The average molecular weight is 597 g/mol. The number of nitrogens with zero attached hydrogens (tertiary/aromatic N) is 5. The summed E-state index contributed by atoms with van der Waals surface area (Å²) in [5, 5.41) is 23.7. The fourth-order valence-electron chi connectivity index (χ4n) is 4.59. The van der Waals surface area contributed by atoms with Crippen LogP contribution in [0.2, 0.25) is 5.02 Å². The van der Waals surface area contributed by atoms with E-state index < -0.39 is 29.6 Å². The van der Waals surface area contributed by atoms with Crippen LogP contribution in [0.15, 0.2) is 42.7 Å². The number of carbonyl (C=O) groups is 4. The largest absolute Gasteiger partial charge is 0.478 e. The van der Waals surface area contributed by atoms with Crippen LogP contribution in [0.25, 0.3) is 17.3 Å². The molecule has 0 radical (unpaired) electrons. The minimum Gasteiger partial charge on any atom is -0.478 e. The molecular weight excluding hydrogens is 568 g/mol. The molecule has 0 saturated carbocycles. The zero-order valence-electron chi connectivity index (χ0n) is 22.4. The van der Waals surface area contributed by atoms with Crippen LogP contribution in [0.3, 0.4) is 0 Å². The average Bonchev–Trinajstić information content (AvgIpc) is 3.50. The highest BCUT2D eigenvalue weighted by molar-refractivity contribution is 6.32. The number of carboxylic acid groups (broad SMARTS) is 1. The number of hydrogen-bond acceptors (Lipinski definition) is 9. The summed E-state index contributed by atoms with van der Waals surface area (Å²) < 4.78 is 6.58. The Morgan fingerprint density at radius 3 is 2.45 bits per heavy atom. The Labute approximate surface area is 245 Å². The van der Waals surface area contributed by atoms with Crippen LogP contribution in [-0.4, -0.2) is 93.3 Å². The molecule has 1 fully saturated rings. The summed E-state index contributed by atoms with van der Waals surface area (Å²) in [6.07, 6.45) is 2.37. The Bertz CT molecular complexity index is 1500. The number of benzene rings is 2. The maximum Gasteiger partial charge on any atom is 0.336 e. The van der Waals surface area contributed by atoms with Crippen LogP contribution in [-0.2, 0) is 19.1 Å². The molecule has 220 valence electrons. The first-order valence-corrected chi connectivity index (χ1v) is 13.3. The lowest BCUT2D eigenvalue weighted by Gasteiger charge is -2.26. The number of ether oxygens (including phenoxy) is 1. The summed E-state index contributed by atoms with van der Waals surface area (Å²) in [7, 11) is 0. The number of nitrogens with two attached hydrogens (primary N) is 2. The third-order valence-corrected chi connectivity index (χ3v) is 7.04. The maximum absolute atomic E-state index is 12.8. The molecule has 0 unspecified atom stereocenters. The lowest BCUT2D eigenvalue weighted by atomic mass is 9.91. The molecule has 3 aromatic rings. The van der Waals surface area contributed by atoms with Crippen LogP contribution < -0.4 is 16.8 Å². The van der Waals surface area contributed by atoms with Crippen molar-refractivity contribution in [2.75, 3.05) is 39.4 Å². The second-order valence-electron chi connectivity index (χ2n) is 9.42. The van der Waals surface area contributed by atoms with E-state index in [0.29, 0.717) is 26.3 Å². The zero-order chi connectivity index (χ0) is 30.2. The van der Waals surface area contributed by atoms with E-state index in [0.717, 1.165) is 13.1 Å². The minimum absolute atomic E-state index is 0.0679. The number of rotatable bonds is 12. The van der Waals surface area contributed by atoms with Crippen LogP contribution in [0, 0.1) is 0 Å². The molecule has 15 heteroatoms. The number of aromatic nitrogens is 4. The van der Waals surface area contributed by atoms with Gasteiger partial charge < -0.3 is 26.6 Å². The van der Waals surface area contributed by atoms with Crippen LogP contribution >= 0.6 is 11.6 Å². The van der Waals surface area contributed by atoms with Crippen molar-refractivity contribution in [2.24, 2.45) is 11.5 Å².